The highest BCUT2D eigenvalue weighted by Crippen LogP contribution is 2.31. The van der Waals surface area contributed by atoms with Gasteiger partial charge in [-0.25, -0.2) is 0 Å². The summed E-state index contributed by atoms with van der Waals surface area (Å²) in [6, 6.07) is 13.2. The van der Waals surface area contributed by atoms with Gasteiger partial charge < -0.3 is 4.74 Å². The molecule has 0 aliphatic carbocycles. The molecule has 0 spiro atoms. The molecule has 3 rings (SSSR count). The van der Waals surface area contributed by atoms with Gasteiger partial charge in [0.2, 0.25) is 0 Å². The molecule has 20 heavy (non-hydrogen) atoms. The highest BCUT2D eigenvalue weighted by molar-refractivity contribution is 7.95. The van der Waals surface area contributed by atoms with Crippen LogP contribution in [0.2, 0.25) is 0 Å². The van der Waals surface area contributed by atoms with Gasteiger partial charge in [-0.1, -0.05) is 31.5 Å². The number of unbranched alkanes of at least 4 members (excludes halogenated alkanes) is 1. The monoisotopic (exact) mass is 287 g/mol. The summed E-state index contributed by atoms with van der Waals surface area (Å²) in [5.74, 6) is 2.40. The van der Waals surface area contributed by atoms with E-state index in [1.807, 2.05) is 0 Å². The lowest BCUT2D eigenvalue weighted by Gasteiger charge is -2.11. The van der Waals surface area contributed by atoms with Crippen LogP contribution in [0.1, 0.15) is 32.6 Å². The van der Waals surface area contributed by atoms with Gasteiger partial charge >= 0.3 is 0 Å². The minimum atomic E-state index is -0.0489. The van der Waals surface area contributed by atoms with Gasteiger partial charge in [0.15, 0.2) is 0 Å². The van der Waals surface area contributed by atoms with Crippen molar-refractivity contribution in [1.82, 2.24) is 0 Å². The summed E-state index contributed by atoms with van der Waals surface area (Å²) in [7, 11) is -0.0489. The highest BCUT2D eigenvalue weighted by atomic mass is 32.2. The Kier molecular flexibility index (Phi) is 4.41. The van der Waals surface area contributed by atoms with E-state index in [0.717, 1.165) is 18.8 Å². The number of fused-ring (bicyclic) bond motifs is 1. The SMILES string of the molecule is CCCCOc1ccc([SH+]2=CCCC2)c2ccccc12. The zero-order valence-corrected chi connectivity index (χ0v) is 13.0. The first kappa shape index (κ1) is 13.7. The van der Waals surface area contributed by atoms with Crippen molar-refractivity contribution in [2.24, 2.45) is 0 Å². The van der Waals surface area contributed by atoms with Gasteiger partial charge in [0.1, 0.15) is 10.6 Å². The maximum absolute atomic E-state index is 5.97. The standard InChI is InChI=1S/C18H22OS/c1-2-3-12-19-17-10-11-18(20-13-6-7-14-20)16-9-5-4-8-15(16)17/h4-5,8-11,13H,2-3,6-7,12,14H2,1H3/p+1. The summed E-state index contributed by atoms with van der Waals surface area (Å²) in [6.45, 7) is 3.02. The fourth-order valence-electron chi connectivity index (χ4n) is 2.78. The Hall–Kier alpha value is -1.28. The van der Waals surface area contributed by atoms with Crippen molar-refractivity contribution in [3.05, 3.63) is 36.4 Å². The van der Waals surface area contributed by atoms with Crippen LogP contribution < -0.4 is 4.74 Å². The van der Waals surface area contributed by atoms with Crippen molar-refractivity contribution >= 4 is 26.6 Å². The van der Waals surface area contributed by atoms with Gasteiger partial charge in [0, 0.05) is 17.2 Å². The van der Waals surface area contributed by atoms with Crippen LogP contribution in [0, 0.1) is 0 Å². The number of hydrogen-bond donors (Lipinski definition) is 0. The van der Waals surface area contributed by atoms with E-state index in [9.17, 15) is 0 Å². The summed E-state index contributed by atoms with van der Waals surface area (Å²) in [5, 5.41) is 5.21. The predicted octanol–water partition coefficient (Wildman–Crippen LogP) is 4.32. The predicted molar refractivity (Wildman–Crippen MR) is 91.5 cm³/mol. The number of ether oxygens (including phenoxy) is 1. The average molecular weight is 287 g/mol. The maximum Gasteiger partial charge on any atom is 0.127 e. The molecular formula is C18H23OS+. The molecule has 0 amide bonds. The summed E-state index contributed by atoms with van der Waals surface area (Å²) < 4.78 is 5.97. The molecule has 0 fully saturated rings. The fraction of sp³-hybridized carbons (Fsp3) is 0.389. The smallest absolute Gasteiger partial charge is 0.127 e. The normalized spacial score (nSPS) is 18.1. The van der Waals surface area contributed by atoms with E-state index in [2.05, 4.69) is 48.7 Å². The molecule has 0 radical (unpaired) electrons. The molecule has 2 aromatic carbocycles. The van der Waals surface area contributed by atoms with E-state index < -0.39 is 0 Å². The van der Waals surface area contributed by atoms with Gasteiger partial charge in [-0.3, -0.25) is 0 Å². The Morgan fingerprint density at radius 2 is 1.95 bits per heavy atom. The molecule has 0 N–H and O–H groups in total. The third kappa shape index (κ3) is 2.76. The second-order valence-corrected chi connectivity index (χ2v) is 7.58. The van der Waals surface area contributed by atoms with Crippen LogP contribution >= 0.6 is 0 Å². The molecule has 1 aliphatic heterocycles. The Labute approximate surface area is 123 Å². The minimum absolute atomic E-state index is 0.0489. The van der Waals surface area contributed by atoms with Crippen molar-refractivity contribution in [1.29, 1.82) is 0 Å². The first-order chi connectivity index (χ1) is 9.90. The highest BCUT2D eigenvalue weighted by Gasteiger charge is 2.16. The van der Waals surface area contributed by atoms with Crippen LogP contribution in [0.15, 0.2) is 41.3 Å². The molecule has 1 unspecified atom stereocenters. The third-order valence-electron chi connectivity index (χ3n) is 3.88. The van der Waals surface area contributed by atoms with Crippen molar-refractivity contribution in [2.75, 3.05) is 12.4 Å². The molecule has 0 bridgehead atoms. The van der Waals surface area contributed by atoms with Crippen LogP contribution in [0.5, 0.6) is 5.75 Å². The van der Waals surface area contributed by atoms with E-state index >= 15 is 0 Å². The molecule has 2 aromatic rings. The number of benzene rings is 2. The molecule has 0 saturated carbocycles. The van der Waals surface area contributed by atoms with Gasteiger partial charge in [0.05, 0.1) is 17.7 Å². The lowest BCUT2D eigenvalue weighted by molar-refractivity contribution is 0.313. The van der Waals surface area contributed by atoms with Gasteiger partial charge in [-0.2, -0.15) is 0 Å². The number of hydrogen-bond acceptors (Lipinski definition) is 1. The minimum Gasteiger partial charge on any atom is -0.493 e. The molecule has 1 nitrogen and oxygen atoms in total. The number of rotatable bonds is 5. The molecule has 0 saturated heterocycles. The molecule has 1 atom stereocenters. The van der Waals surface area contributed by atoms with Crippen LogP contribution in [0.25, 0.3) is 10.8 Å². The number of thiol groups is 1. The second kappa shape index (κ2) is 6.45. The topological polar surface area (TPSA) is 9.23 Å². The first-order valence-corrected chi connectivity index (χ1v) is 9.24. The van der Waals surface area contributed by atoms with Crippen molar-refractivity contribution < 1.29 is 4.74 Å². The fourth-order valence-corrected chi connectivity index (χ4v) is 5.19. The van der Waals surface area contributed by atoms with Gasteiger partial charge in [-0.15, -0.1) is 10.5 Å². The third-order valence-corrected chi connectivity index (χ3v) is 6.38. The van der Waals surface area contributed by atoms with E-state index in [1.165, 1.54) is 40.7 Å². The molecule has 0 aromatic heterocycles. The molecule has 2 heteroatoms. The van der Waals surface area contributed by atoms with Crippen LogP contribution in [0.4, 0.5) is 0 Å². The summed E-state index contributed by atoms with van der Waals surface area (Å²) in [5.41, 5.74) is 0. The summed E-state index contributed by atoms with van der Waals surface area (Å²) in [6.07, 6.45) is 4.94. The van der Waals surface area contributed by atoms with Crippen LogP contribution in [0.3, 0.4) is 0 Å². The Morgan fingerprint density at radius 3 is 2.70 bits per heavy atom. The second-order valence-electron chi connectivity index (χ2n) is 5.35. The molecule has 1 aliphatic rings. The maximum atomic E-state index is 5.97. The first-order valence-electron chi connectivity index (χ1n) is 7.64. The van der Waals surface area contributed by atoms with Crippen molar-refractivity contribution in [3.8, 4) is 5.75 Å². The van der Waals surface area contributed by atoms with Crippen LogP contribution in [-0.4, -0.2) is 17.7 Å². The molecular weight excluding hydrogens is 264 g/mol. The van der Waals surface area contributed by atoms with Crippen LogP contribution in [-0.2, 0) is 10.5 Å². The van der Waals surface area contributed by atoms with E-state index in [0.29, 0.717) is 0 Å². The zero-order valence-electron chi connectivity index (χ0n) is 12.1. The van der Waals surface area contributed by atoms with Gasteiger partial charge in [0.25, 0.3) is 0 Å². The van der Waals surface area contributed by atoms with E-state index in [1.54, 1.807) is 0 Å². The average Bonchev–Trinajstić information content (AvgIpc) is 3.01. The summed E-state index contributed by atoms with van der Waals surface area (Å²) >= 11 is 0. The largest absolute Gasteiger partial charge is 0.493 e. The lowest BCUT2D eigenvalue weighted by atomic mass is 10.1. The zero-order chi connectivity index (χ0) is 13.8. The Morgan fingerprint density at radius 1 is 1.10 bits per heavy atom. The van der Waals surface area contributed by atoms with E-state index in [-0.39, 0.29) is 10.5 Å². The Balaban J connectivity index is 2.01. The van der Waals surface area contributed by atoms with Gasteiger partial charge in [-0.05, 0) is 31.0 Å². The van der Waals surface area contributed by atoms with Crippen molar-refractivity contribution in [3.63, 3.8) is 0 Å². The Bertz CT molecular complexity index is 630. The van der Waals surface area contributed by atoms with Crippen molar-refractivity contribution in [2.45, 2.75) is 37.5 Å². The molecule has 106 valence electrons. The quantitative estimate of drug-likeness (QED) is 0.344. The molecule has 1 heterocycles. The lowest BCUT2D eigenvalue weighted by Crippen LogP contribution is -1.99. The van der Waals surface area contributed by atoms with E-state index in [4.69, 9.17) is 4.74 Å². The summed E-state index contributed by atoms with van der Waals surface area (Å²) in [4.78, 5) is 1.54.